The lowest BCUT2D eigenvalue weighted by molar-refractivity contribution is -0.142. The number of carbonyl (C=O) groups is 2. The summed E-state index contributed by atoms with van der Waals surface area (Å²) in [6.07, 6.45) is 0. The molecule has 1 unspecified atom stereocenters. The molecule has 1 aromatic rings. The molecule has 0 aliphatic carbocycles. The van der Waals surface area contributed by atoms with Gasteiger partial charge in [0.2, 0.25) is 0 Å². The Kier molecular flexibility index (Phi) is 4.24. The van der Waals surface area contributed by atoms with Crippen LogP contribution in [0, 0.1) is 0 Å². The van der Waals surface area contributed by atoms with Crippen LogP contribution >= 0.6 is 0 Å². The number of anilines is 1. The SMILES string of the molecule is CC(C(=O)O)N1CCN(c2ccccc2C(N)=O)CC1. The minimum Gasteiger partial charge on any atom is -0.480 e. The van der Waals surface area contributed by atoms with E-state index in [0.717, 1.165) is 5.69 Å². The van der Waals surface area contributed by atoms with Gasteiger partial charge in [0, 0.05) is 31.9 Å². The Balaban J connectivity index is 2.08. The molecule has 0 saturated carbocycles. The van der Waals surface area contributed by atoms with Gasteiger partial charge in [-0.05, 0) is 19.1 Å². The second-order valence-corrected chi connectivity index (χ2v) is 4.92. The summed E-state index contributed by atoms with van der Waals surface area (Å²) in [6, 6.07) is 6.75. The molecule has 2 rings (SSSR count). The summed E-state index contributed by atoms with van der Waals surface area (Å²) in [5, 5.41) is 9.02. The lowest BCUT2D eigenvalue weighted by Crippen LogP contribution is -2.52. The number of carbonyl (C=O) groups excluding carboxylic acids is 1. The first kappa shape index (κ1) is 14.3. The number of nitrogens with two attached hydrogens (primary N) is 1. The van der Waals surface area contributed by atoms with Gasteiger partial charge in [-0.1, -0.05) is 12.1 Å². The maximum atomic E-state index is 11.4. The molecule has 1 aliphatic heterocycles. The van der Waals surface area contributed by atoms with Crippen molar-refractivity contribution in [3.63, 3.8) is 0 Å². The van der Waals surface area contributed by atoms with Crippen molar-refractivity contribution in [1.82, 2.24) is 4.90 Å². The Morgan fingerprint density at radius 3 is 2.35 bits per heavy atom. The van der Waals surface area contributed by atoms with Crippen LogP contribution in [0.3, 0.4) is 0 Å². The predicted molar refractivity (Wildman–Crippen MR) is 75.8 cm³/mol. The van der Waals surface area contributed by atoms with Crippen LogP contribution in [0.2, 0.25) is 0 Å². The molecule has 1 heterocycles. The van der Waals surface area contributed by atoms with Crippen molar-refractivity contribution in [3.8, 4) is 0 Å². The van der Waals surface area contributed by atoms with Gasteiger partial charge in [-0.2, -0.15) is 0 Å². The lowest BCUT2D eigenvalue weighted by Gasteiger charge is -2.38. The molecule has 0 radical (unpaired) electrons. The Hall–Kier alpha value is -2.08. The zero-order valence-corrected chi connectivity index (χ0v) is 11.5. The van der Waals surface area contributed by atoms with Gasteiger partial charge in [0.05, 0.1) is 5.56 Å². The van der Waals surface area contributed by atoms with Crippen molar-refractivity contribution in [3.05, 3.63) is 29.8 Å². The number of piperazine rings is 1. The predicted octanol–water partition coefficient (Wildman–Crippen LogP) is 0.381. The Morgan fingerprint density at radius 2 is 1.80 bits per heavy atom. The van der Waals surface area contributed by atoms with Gasteiger partial charge in [0.1, 0.15) is 6.04 Å². The van der Waals surface area contributed by atoms with E-state index in [-0.39, 0.29) is 0 Å². The van der Waals surface area contributed by atoms with Gasteiger partial charge >= 0.3 is 5.97 Å². The molecule has 20 heavy (non-hydrogen) atoms. The fraction of sp³-hybridized carbons (Fsp3) is 0.429. The van der Waals surface area contributed by atoms with Crippen molar-refractivity contribution < 1.29 is 14.7 Å². The highest BCUT2D eigenvalue weighted by molar-refractivity contribution is 5.98. The summed E-state index contributed by atoms with van der Waals surface area (Å²) < 4.78 is 0. The van der Waals surface area contributed by atoms with Crippen LogP contribution in [-0.2, 0) is 4.79 Å². The highest BCUT2D eigenvalue weighted by atomic mass is 16.4. The maximum Gasteiger partial charge on any atom is 0.320 e. The number of rotatable bonds is 4. The minimum atomic E-state index is -0.809. The molecule has 1 aliphatic rings. The standard InChI is InChI=1S/C14H19N3O3/c1-10(14(19)20)16-6-8-17(9-7-16)12-5-3-2-4-11(12)13(15)18/h2-5,10H,6-9H2,1H3,(H2,15,18)(H,19,20). The number of carboxylic acid groups (broad SMARTS) is 1. The van der Waals surface area contributed by atoms with Gasteiger partial charge < -0.3 is 15.7 Å². The first-order valence-electron chi connectivity index (χ1n) is 6.61. The van der Waals surface area contributed by atoms with Crippen molar-refractivity contribution in [2.75, 3.05) is 31.1 Å². The number of carboxylic acids is 1. The van der Waals surface area contributed by atoms with E-state index < -0.39 is 17.9 Å². The van der Waals surface area contributed by atoms with Gasteiger partial charge in [0.25, 0.3) is 5.91 Å². The van der Waals surface area contributed by atoms with E-state index in [4.69, 9.17) is 10.8 Å². The van der Waals surface area contributed by atoms with Gasteiger partial charge in [-0.3, -0.25) is 14.5 Å². The van der Waals surface area contributed by atoms with Crippen molar-refractivity contribution in [2.24, 2.45) is 5.73 Å². The van der Waals surface area contributed by atoms with Crippen LogP contribution in [0.15, 0.2) is 24.3 Å². The fourth-order valence-electron chi connectivity index (χ4n) is 2.46. The summed E-state index contributed by atoms with van der Waals surface area (Å²) >= 11 is 0. The third kappa shape index (κ3) is 2.91. The summed E-state index contributed by atoms with van der Waals surface area (Å²) in [4.78, 5) is 26.4. The second kappa shape index (κ2) is 5.92. The fourth-order valence-corrected chi connectivity index (χ4v) is 2.46. The molecular weight excluding hydrogens is 258 g/mol. The maximum absolute atomic E-state index is 11.4. The van der Waals surface area contributed by atoms with E-state index in [1.807, 2.05) is 17.0 Å². The van der Waals surface area contributed by atoms with Crippen LogP contribution in [0.5, 0.6) is 0 Å². The highest BCUT2D eigenvalue weighted by Crippen LogP contribution is 2.21. The van der Waals surface area contributed by atoms with E-state index >= 15 is 0 Å². The molecule has 3 N–H and O–H groups in total. The van der Waals surface area contributed by atoms with E-state index in [9.17, 15) is 9.59 Å². The molecule has 6 heteroatoms. The molecule has 1 atom stereocenters. The van der Waals surface area contributed by atoms with Crippen LogP contribution in [0.25, 0.3) is 0 Å². The smallest absolute Gasteiger partial charge is 0.320 e. The number of hydrogen-bond acceptors (Lipinski definition) is 4. The van der Waals surface area contributed by atoms with E-state index in [2.05, 4.69) is 4.90 Å². The second-order valence-electron chi connectivity index (χ2n) is 4.92. The molecule has 6 nitrogen and oxygen atoms in total. The molecule has 1 fully saturated rings. The van der Waals surface area contributed by atoms with Gasteiger partial charge in [-0.25, -0.2) is 0 Å². The van der Waals surface area contributed by atoms with Gasteiger partial charge in [-0.15, -0.1) is 0 Å². The Bertz CT molecular complexity index is 510. The van der Waals surface area contributed by atoms with Gasteiger partial charge in [0.15, 0.2) is 0 Å². The normalized spacial score (nSPS) is 17.8. The molecule has 1 aromatic carbocycles. The number of nitrogens with zero attached hydrogens (tertiary/aromatic N) is 2. The number of primary amides is 1. The lowest BCUT2D eigenvalue weighted by atomic mass is 10.1. The monoisotopic (exact) mass is 277 g/mol. The van der Waals surface area contributed by atoms with Crippen molar-refractivity contribution >= 4 is 17.6 Å². The summed E-state index contributed by atoms with van der Waals surface area (Å²) in [5.41, 5.74) is 6.71. The topological polar surface area (TPSA) is 86.9 Å². The molecule has 0 aromatic heterocycles. The average Bonchev–Trinajstić information content (AvgIpc) is 2.46. The summed E-state index contributed by atoms with van der Waals surface area (Å²) in [6.45, 7) is 4.36. The van der Waals surface area contributed by atoms with Crippen LogP contribution in [-0.4, -0.2) is 54.1 Å². The number of hydrogen-bond donors (Lipinski definition) is 2. The minimum absolute atomic E-state index is 0.443. The quantitative estimate of drug-likeness (QED) is 0.831. The summed E-state index contributed by atoms with van der Waals surface area (Å²) in [5.74, 6) is -1.25. The van der Waals surface area contributed by atoms with Crippen molar-refractivity contribution in [1.29, 1.82) is 0 Å². The number of para-hydroxylation sites is 1. The molecule has 0 bridgehead atoms. The van der Waals surface area contributed by atoms with Crippen LogP contribution in [0.1, 0.15) is 17.3 Å². The molecule has 108 valence electrons. The first-order chi connectivity index (χ1) is 9.50. The third-order valence-electron chi connectivity index (χ3n) is 3.73. The molecular formula is C14H19N3O3. The number of aliphatic carboxylic acids is 1. The third-order valence-corrected chi connectivity index (χ3v) is 3.73. The summed E-state index contributed by atoms with van der Waals surface area (Å²) in [7, 11) is 0. The van der Waals surface area contributed by atoms with E-state index in [1.165, 1.54) is 0 Å². The largest absolute Gasteiger partial charge is 0.480 e. The van der Waals surface area contributed by atoms with E-state index in [0.29, 0.717) is 31.7 Å². The molecule has 0 spiro atoms. The number of amides is 1. The molecule has 1 saturated heterocycles. The zero-order valence-electron chi connectivity index (χ0n) is 11.5. The Morgan fingerprint density at radius 1 is 1.20 bits per heavy atom. The van der Waals surface area contributed by atoms with Crippen LogP contribution < -0.4 is 10.6 Å². The zero-order chi connectivity index (χ0) is 14.7. The first-order valence-corrected chi connectivity index (χ1v) is 6.61. The van der Waals surface area contributed by atoms with E-state index in [1.54, 1.807) is 19.1 Å². The van der Waals surface area contributed by atoms with Crippen molar-refractivity contribution in [2.45, 2.75) is 13.0 Å². The average molecular weight is 277 g/mol. The highest BCUT2D eigenvalue weighted by Gasteiger charge is 2.26. The number of benzene rings is 1. The van der Waals surface area contributed by atoms with Crippen LogP contribution in [0.4, 0.5) is 5.69 Å². The Labute approximate surface area is 117 Å². The molecule has 1 amide bonds.